The van der Waals surface area contributed by atoms with Crippen molar-refractivity contribution in [3.63, 3.8) is 0 Å². The number of carbonyl (C=O) groups excluding carboxylic acids is 1. The monoisotopic (exact) mass is 287 g/mol. The van der Waals surface area contributed by atoms with Crippen LogP contribution in [0.1, 0.15) is 38.6 Å². The fourth-order valence-corrected chi connectivity index (χ4v) is 2.72. The summed E-state index contributed by atoms with van der Waals surface area (Å²) in [4.78, 5) is 21.9. The Morgan fingerprint density at radius 1 is 1.48 bits per heavy atom. The van der Waals surface area contributed by atoms with E-state index in [2.05, 4.69) is 9.97 Å². The number of amides is 1. The van der Waals surface area contributed by atoms with Gasteiger partial charge in [0.2, 0.25) is 0 Å². The highest BCUT2D eigenvalue weighted by atomic mass is 16.6. The molecule has 1 aliphatic rings. The molecule has 0 radical (unpaired) electrons. The first-order valence-electron chi connectivity index (χ1n) is 7.53. The van der Waals surface area contributed by atoms with E-state index in [1.807, 2.05) is 38.1 Å². The summed E-state index contributed by atoms with van der Waals surface area (Å²) in [6, 6.07) is 7.93. The van der Waals surface area contributed by atoms with Crippen LogP contribution in [-0.2, 0) is 4.74 Å². The van der Waals surface area contributed by atoms with Gasteiger partial charge in [-0.1, -0.05) is 26.0 Å². The van der Waals surface area contributed by atoms with Gasteiger partial charge in [-0.2, -0.15) is 0 Å². The number of nitrogens with zero attached hydrogens (tertiary/aromatic N) is 2. The van der Waals surface area contributed by atoms with Crippen molar-refractivity contribution >= 4 is 17.1 Å². The van der Waals surface area contributed by atoms with Gasteiger partial charge in [-0.15, -0.1) is 0 Å². The fourth-order valence-electron chi connectivity index (χ4n) is 2.72. The molecule has 1 atom stereocenters. The fraction of sp³-hybridized carbons (Fsp3) is 0.500. The summed E-state index contributed by atoms with van der Waals surface area (Å²) >= 11 is 0. The average Bonchev–Trinajstić information content (AvgIpc) is 3.10. The zero-order chi connectivity index (χ0) is 14.8. The maximum atomic E-state index is 12.2. The van der Waals surface area contributed by atoms with E-state index < -0.39 is 0 Å². The van der Waals surface area contributed by atoms with Gasteiger partial charge in [-0.05, 0) is 30.9 Å². The Bertz CT molecular complexity index is 602. The van der Waals surface area contributed by atoms with Gasteiger partial charge >= 0.3 is 6.09 Å². The molecule has 2 aromatic rings. The van der Waals surface area contributed by atoms with Crippen LogP contribution in [0, 0.1) is 5.92 Å². The van der Waals surface area contributed by atoms with Crippen LogP contribution >= 0.6 is 0 Å². The molecule has 0 aliphatic carbocycles. The average molecular weight is 287 g/mol. The van der Waals surface area contributed by atoms with Crippen molar-refractivity contribution in [2.75, 3.05) is 13.2 Å². The molecule has 1 aromatic heterocycles. The Hall–Kier alpha value is -2.04. The third-order valence-electron chi connectivity index (χ3n) is 3.75. The van der Waals surface area contributed by atoms with Crippen molar-refractivity contribution in [1.29, 1.82) is 0 Å². The summed E-state index contributed by atoms with van der Waals surface area (Å²) in [7, 11) is 0. The molecule has 1 N–H and O–H groups in total. The van der Waals surface area contributed by atoms with E-state index in [-0.39, 0.29) is 12.1 Å². The Kier molecular flexibility index (Phi) is 3.82. The summed E-state index contributed by atoms with van der Waals surface area (Å²) in [6.07, 6.45) is 1.68. The van der Waals surface area contributed by atoms with Crippen LogP contribution in [0.3, 0.4) is 0 Å². The first-order chi connectivity index (χ1) is 10.1. The molecule has 5 heteroatoms. The molecule has 1 amide bonds. The summed E-state index contributed by atoms with van der Waals surface area (Å²) in [6.45, 7) is 5.27. The molecule has 1 unspecified atom stereocenters. The normalized spacial score (nSPS) is 18.6. The highest BCUT2D eigenvalue weighted by Crippen LogP contribution is 2.31. The van der Waals surface area contributed by atoms with Gasteiger partial charge in [0, 0.05) is 6.54 Å². The van der Waals surface area contributed by atoms with Crippen molar-refractivity contribution in [2.24, 2.45) is 5.92 Å². The van der Waals surface area contributed by atoms with Crippen molar-refractivity contribution < 1.29 is 9.53 Å². The number of nitrogens with one attached hydrogen (secondary N) is 1. The Morgan fingerprint density at radius 3 is 3.05 bits per heavy atom. The second kappa shape index (κ2) is 5.76. The molecule has 3 rings (SSSR count). The number of hydrogen-bond acceptors (Lipinski definition) is 3. The van der Waals surface area contributed by atoms with Crippen LogP contribution in [0.5, 0.6) is 0 Å². The molecule has 2 heterocycles. The van der Waals surface area contributed by atoms with Crippen LogP contribution in [0.2, 0.25) is 0 Å². The number of rotatable bonds is 3. The van der Waals surface area contributed by atoms with Crippen molar-refractivity contribution in [1.82, 2.24) is 14.9 Å². The standard InChI is InChI=1S/C16H21N3O2/c1-11(2)10-21-16(20)19-9-5-8-14(19)15-17-12-6-3-4-7-13(12)18-15/h3-4,6-7,11,14H,5,8-10H2,1-2H3,(H,17,18). The van der Waals surface area contributed by atoms with E-state index in [1.54, 1.807) is 4.90 Å². The number of hydrogen-bond donors (Lipinski definition) is 1. The lowest BCUT2D eigenvalue weighted by Gasteiger charge is -2.23. The molecule has 1 aromatic carbocycles. The molecule has 1 saturated heterocycles. The maximum absolute atomic E-state index is 12.2. The number of H-pyrrole nitrogens is 1. The third kappa shape index (κ3) is 2.86. The van der Waals surface area contributed by atoms with E-state index >= 15 is 0 Å². The Labute approximate surface area is 124 Å². The number of aromatic nitrogens is 2. The number of fused-ring (bicyclic) bond motifs is 1. The highest BCUT2D eigenvalue weighted by Gasteiger charge is 2.33. The lowest BCUT2D eigenvalue weighted by molar-refractivity contribution is 0.0871. The molecule has 1 fully saturated rings. The molecule has 112 valence electrons. The van der Waals surface area contributed by atoms with E-state index in [9.17, 15) is 4.79 Å². The van der Waals surface area contributed by atoms with Gasteiger partial charge in [0.1, 0.15) is 5.82 Å². The van der Waals surface area contributed by atoms with E-state index in [4.69, 9.17) is 4.74 Å². The number of likely N-dealkylation sites (tertiary alicyclic amines) is 1. The zero-order valence-corrected chi connectivity index (χ0v) is 12.5. The lowest BCUT2D eigenvalue weighted by Crippen LogP contribution is -2.32. The number of benzene rings is 1. The number of para-hydroxylation sites is 2. The molecule has 0 spiro atoms. The summed E-state index contributed by atoms with van der Waals surface area (Å²) in [5.74, 6) is 1.21. The van der Waals surface area contributed by atoms with E-state index in [0.717, 1.165) is 36.2 Å². The summed E-state index contributed by atoms with van der Waals surface area (Å²) < 4.78 is 5.36. The number of aromatic amines is 1. The predicted octanol–water partition coefficient (Wildman–Crippen LogP) is 3.49. The first-order valence-corrected chi connectivity index (χ1v) is 7.53. The van der Waals surface area contributed by atoms with Crippen LogP contribution in [0.15, 0.2) is 24.3 Å². The van der Waals surface area contributed by atoms with E-state index in [0.29, 0.717) is 12.5 Å². The third-order valence-corrected chi connectivity index (χ3v) is 3.75. The van der Waals surface area contributed by atoms with Gasteiger partial charge in [0.15, 0.2) is 0 Å². The molecule has 21 heavy (non-hydrogen) atoms. The Morgan fingerprint density at radius 2 is 2.29 bits per heavy atom. The maximum Gasteiger partial charge on any atom is 0.410 e. The second-order valence-corrected chi connectivity index (χ2v) is 5.96. The molecule has 5 nitrogen and oxygen atoms in total. The quantitative estimate of drug-likeness (QED) is 0.940. The topological polar surface area (TPSA) is 58.2 Å². The minimum absolute atomic E-state index is 0.00272. The van der Waals surface area contributed by atoms with Crippen molar-refractivity contribution in [3.8, 4) is 0 Å². The van der Waals surface area contributed by atoms with Gasteiger partial charge in [-0.25, -0.2) is 9.78 Å². The number of imidazole rings is 1. The van der Waals surface area contributed by atoms with Gasteiger partial charge in [0.05, 0.1) is 23.7 Å². The highest BCUT2D eigenvalue weighted by molar-refractivity contribution is 5.75. The van der Waals surface area contributed by atoms with Gasteiger partial charge in [-0.3, -0.25) is 4.90 Å². The summed E-state index contributed by atoms with van der Waals surface area (Å²) in [5, 5.41) is 0. The number of ether oxygens (including phenoxy) is 1. The van der Waals surface area contributed by atoms with Gasteiger partial charge < -0.3 is 9.72 Å². The van der Waals surface area contributed by atoms with E-state index in [1.165, 1.54) is 0 Å². The van der Waals surface area contributed by atoms with Crippen molar-refractivity contribution in [2.45, 2.75) is 32.7 Å². The smallest absolute Gasteiger partial charge is 0.410 e. The summed E-state index contributed by atoms with van der Waals surface area (Å²) in [5.41, 5.74) is 1.95. The Balaban J connectivity index is 1.78. The second-order valence-electron chi connectivity index (χ2n) is 5.96. The molecule has 1 aliphatic heterocycles. The minimum atomic E-state index is -0.230. The molecular formula is C16H21N3O2. The molecule has 0 bridgehead atoms. The van der Waals surface area contributed by atoms with Crippen molar-refractivity contribution in [3.05, 3.63) is 30.1 Å². The number of carbonyl (C=O) groups is 1. The van der Waals surface area contributed by atoms with Gasteiger partial charge in [0.25, 0.3) is 0 Å². The SMILES string of the molecule is CC(C)COC(=O)N1CCCC1c1nc2ccccc2[nH]1. The molecule has 0 saturated carbocycles. The first kappa shape index (κ1) is 13.9. The zero-order valence-electron chi connectivity index (χ0n) is 12.5. The van der Waals surface area contributed by atoms with Crippen LogP contribution in [0.25, 0.3) is 11.0 Å². The van der Waals surface area contributed by atoms with Crippen LogP contribution < -0.4 is 0 Å². The van der Waals surface area contributed by atoms with Crippen LogP contribution in [0.4, 0.5) is 4.79 Å². The predicted molar refractivity (Wildman–Crippen MR) is 81.0 cm³/mol. The lowest BCUT2D eigenvalue weighted by atomic mass is 10.2. The molecular weight excluding hydrogens is 266 g/mol. The largest absolute Gasteiger partial charge is 0.449 e. The minimum Gasteiger partial charge on any atom is -0.449 e. The van der Waals surface area contributed by atoms with Crippen LogP contribution in [-0.4, -0.2) is 34.1 Å².